The number of rotatable bonds is 6. The summed E-state index contributed by atoms with van der Waals surface area (Å²) in [6.07, 6.45) is -1.57. The molecular weight excluding hydrogens is 280 g/mol. The zero-order valence-electron chi connectivity index (χ0n) is 14.5. The largest absolute Gasteiger partial charge is 0.396 e. The van der Waals surface area contributed by atoms with Gasteiger partial charge in [-0.2, -0.15) is 0 Å². The summed E-state index contributed by atoms with van der Waals surface area (Å²) in [5.41, 5.74) is 1.99. The van der Waals surface area contributed by atoms with Crippen LogP contribution in [0.1, 0.15) is 62.2 Å². The average molecular weight is 310 g/mol. The molecule has 4 nitrogen and oxygen atoms in total. The zero-order chi connectivity index (χ0) is 17.3. The first-order valence-corrected chi connectivity index (χ1v) is 7.67. The van der Waals surface area contributed by atoms with Gasteiger partial charge in [0.15, 0.2) is 0 Å². The molecule has 4 N–H and O–H groups in total. The SMILES string of the molecule is Cc1cc(C(O)C(C)(C)CO)cc(C)c1C(O)C(C)(C)CO. The van der Waals surface area contributed by atoms with Gasteiger partial charge in [-0.25, -0.2) is 0 Å². The minimum atomic E-state index is -0.785. The van der Waals surface area contributed by atoms with Crippen LogP contribution in [0.2, 0.25) is 0 Å². The number of hydrogen-bond acceptors (Lipinski definition) is 4. The third-order valence-corrected chi connectivity index (χ3v) is 4.50. The molecule has 0 saturated carbocycles. The summed E-state index contributed by atoms with van der Waals surface area (Å²) < 4.78 is 0. The van der Waals surface area contributed by atoms with Crippen LogP contribution in [-0.2, 0) is 0 Å². The Bertz CT molecular complexity index is 497. The molecule has 2 atom stereocenters. The van der Waals surface area contributed by atoms with E-state index in [-0.39, 0.29) is 13.2 Å². The quantitative estimate of drug-likeness (QED) is 0.650. The van der Waals surface area contributed by atoms with Crippen LogP contribution in [0.25, 0.3) is 0 Å². The lowest BCUT2D eigenvalue weighted by molar-refractivity contribution is 0.00352. The Morgan fingerprint density at radius 2 is 1.18 bits per heavy atom. The van der Waals surface area contributed by atoms with Crippen molar-refractivity contribution in [3.63, 3.8) is 0 Å². The van der Waals surface area contributed by atoms with Crippen molar-refractivity contribution in [1.82, 2.24) is 0 Å². The molecule has 0 aliphatic carbocycles. The second-order valence-corrected chi connectivity index (χ2v) is 7.67. The summed E-state index contributed by atoms with van der Waals surface area (Å²) in [7, 11) is 0. The van der Waals surface area contributed by atoms with Gasteiger partial charge < -0.3 is 20.4 Å². The van der Waals surface area contributed by atoms with Gasteiger partial charge in [0.1, 0.15) is 0 Å². The highest BCUT2D eigenvalue weighted by Gasteiger charge is 2.33. The molecule has 0 radical (unpaired) electrons. The van der Waals surface area contributed by atoms with Gasteiger partial charge in [-0.15, -0.1) is 0 Å². The smallest absolute Gasteiger partial charge is 0.0867 e. The standard InChI is InChI=1S/C18H30O4/c1-11-7-13(15(21)17(3,4)9-19)8-12(2)14(11)16(22)18(5,6)10-20/h7-8,15-16,19-22H,9-10H2,1-6H3. The maximum absolute atomic E-state index is 10.6. The molecule has 1 rings (SSSR count). The summed E-state index contributed by atoms with van der Waals surface area (Å²) in [4.78, 5) is 0. The molecule has 1 aromatic carbocycles. The molecule has 0 spiro atoms. The van der Waals surface area contributed by atoms with Gasteiger partial charge >= 0.3 is 0 Å². The fourth-order valence-corrected chi connectivity index (χ4v) is 2.61. The summed E-state index contributed by atoms with van der Waals surface area (Å²) >= 11 is 0. The topological polar surface area (TPSA) is 80.9 Å². The molecule has 2 unspecified atom stereocenters. The van der Waals surface area contributed by atoms with Gasteiger partial charge in [-0.3, -0.25) is 0 Å². The van der Waals surface area contributed by atoms with E-state index in [1.165, 1.54) is 0 Å². The molecule has 4 heteroatoms. The van der Waals surface area contributed by atoms with Gasteiger partial charge in [0, 0.05) is 10.8 Å². The molecule has 1 aromatic rings. The molecule has 0 heterocycles. The summed E-state index contributed by atoms with van der Waals surface area (Å²) in [6.45, 7) is 10.8. The third kappa shape index (κ3) is 3.69. The summed E-state index contributed by atoms with van der Waals surface area (Å²) in [6, 6.07) is 3.70. The summed E-state index contributed by atoms with van der Waals surface area (Å²) in [5, 5.41) is 39.9. The Morgan fingerprint density at radius 1 is 0.818 bits per heavy atom. The molecule has 0 aliphatic rings. The predicted octanol–water partition coefficient (Wildman–Crippen LogP) is 2.41. The summed E-state index contributed by atoms with van der Waals surface area (Å²) in [5.74, 6) is 0. The fraction of sp³-hybridized carbons (Fsp3) is 0.667. The van der Waals surface area contributed by atoms with Crippen molar-refractivity contribution in [2.75, 3.05) is 13.2 Å². The van der Waals surface area contributed by atoms with Crippen LogP contribution in [0, 0.1) is 24.7 Å². The monoisotopic (exact) mass is 310 g/mol. The number of aryl methyl sites for hydroxylation is 2. The molecule has 0 aliphatic heterocycles. The Labute approximate surface area is 133 Å². The highest BCUT2D eigenvalue weighted by atomic mass is 16.3. The Balaban J connectivity index is 3.29. The second kappa shape index (κ2) is 6.67. The van der Waals surface area contributed by atoms with E-state index in [2.05, 4.69) is 0 Å². The number of aliphatic hydroxyl groups is 4. The lowest BCUT2D eigenvalue weighted by atomic mass is 9.78. The number of hydrogen-bond donors (Lipinski definition) is 4. The van der Waals surface area contributed by atoms with Crippen molar-refractivity contribution in [2.24, 2.45) is 10.8 Å². The van der Waals surface area contributed by atoms with Gasteiger partial charge in [0.2, 0.25) is 0 Å². The first-order valence-electron chi connectivity index (χ1n) is 7.67. The van der Waals surface area contributed by atoms with Crippen molar-refractivity contribution in [3.05, 3.63) is 34.4 Å². The average Bonchev–Trinajstić information content (AvgIpc) is 2.45. The molecule has 0 aromatic heterocycles. The van der Waals surface area contributed by atoms with Crippen molar-refractivity contribution in [1.29, 1.82) is 0 Å². The molecule has 0 bridgehead atoms. The number of aliphatic hydroxyl groups excluding tert-OH is 4. The maximum atomic E-state index is 10.6. The maximum Gasteiger partial charge on any atom is 0.0867 e. The molecule has 0 fully saturated rings. The van der Waals surface area contributed by atoms with E-state index in [1.54, 1.807) is 13.8 Å². The highest BCUT2D eigenvalue weighted by Crippen LogP contribution is 2.39. The number of benzene rings is 1. The highest BCUT2D eigenvalue weighted by molar-refractivity contribution is 5.41. The first-order chi connectivity index (χ1) is 9.97. The Kier molecular flexibility index (Phi) is 5.79. The van der Waals surface area contributed by atoms with Crippen molar-refractivity contribution in [3.8, 4) is 0 Å². The van der Waals surface area contributed by atoms with E-state index >= 15 is 0 Å². The van der Waals surface area contributed by atoms with Crippen LogP contribution in [0.15, 0.2) is 12.1 Å². The minimum absolute atomic E-state index is 0.116. The lowest BCUT2D eigenvalue weighted by Crippen LogP contribution is -2.28. The van der Waals surface area contributed by atoms with Crippen molar-refractivity contribution in [2.45, 2.75) is 53.8 Å². The van der Waals surface area contributed by atoms with E-state index in [9.17, 15) is 20.4 Å². The van der Waals surface area contributed by atoms with Crippen LogP contribution in [0.5, 0.6) is 0 Å². The normalized spacial score (nSPS) is 15.7. The van der Waals surface area contributed by atoms with Gasteiger partial charge in [0.25, 0.3) is 0 Å². The molecular formula is C18H30O4. The van der Waals surface area contributed by atoms with E-state index < -0.39 is 23.0 Å². The van der Waals surface area contributed by atoms with Gasteiger partial charge in [0.05, 0.1) is 25.4 Å². The van der Waals surface area contributed by atoms with Crippen LogP contribution in [0.3, 0.4) is 0 Å². The fourth-order valence-electron chi connectivity index (χ4n) is 2.61. The third-order valence-electron chi connectivity index (χ3n) is 4.50. The molecule has 126 valence electrons. The lowest BCUT2D eigenvalue weighted by Gasteiger charge is -2.33. The van der Waals surface area contributed by atoms with Crippen LogP contribution >= 0.6 is 0 Å². The van der Waals surface area contributed by atoms with Crippen LogP contribution < -0.4 is 0 Å². The van der Waals surface area contributed by atoms with Crippen LogP contribution in [-0.4, -0.2) is 33.6 Å². The van der Waals surface area contributed by atoms with Crippen LogP contribution in [0.4, 0.5) is 0 Å². The van der Waals surface area contributed by atoms with E-state index in [0.717, 1.165) is 22.3 Å². The van der Waals surface area contributed by atoms with E-state index in [0.29, 0.717) is 0 Å². The Morgan fingerprint density at radius 3 is 1.55 bits per heavy atom. The molecule has 22 heavy (non-hydrogen) atoms. The van der Waals surface area contributed by atoms with E-state index in [1.807, 2.05) is 39.8 Å². The van der Waals surface area contributed by atoms with Crippen molar-refractivity contribution < 1.29 is 20.4 Å². The predicted molar refractivity (Wildman–Crippen MR) is 87.6 cm³/mol. The molecule has 0 saturated heterocycles. The second-order valence-electron chi connectivity index (χ2n) is 7.67. The minimum Gasteiger partial charge on any atom is -0.396 e. The zero-order valence-corrected chi connectivity index (χ0v) is 14.5. The Hall–Kier alpha value is -0.940. The van der Waals surface area contributed by atoms with Gasteiger partial charge in [-0.05, 0) is 36.1 Å². The van der Waals surface area contributed by atoms with Gasteiger partial charge in [-0.1, -0.05) is 39.8 Å². The van der Waals surface area contributed by atoms with Crippen molar-refractivity contribution >= 4 is 0 Å². The van der Waals surface area contributed by atoms with E-state index in [4.69, 9.17) is 0 Å². The first kappa shape index (κ1) is 19.1. The molecule has 0 amide bonds.